The van der Waals surface area contributed by atoms with Crippen LogP contribution in [-0.2, 0) is 61.1 Å². The third-order valence-electron chi connectivity index (χ3n) is 16.3. The minimum Gasteiger partial charge on any atom is -0.462 e. The van der Waals surface area contributed by atoms with Gasteiger partial charge in [-0.3, -0.25) is 18.6 Å². The van der Waals surface area contributed by atoms with Crippen molar-refractivity contribution in [2.45, 2.75) is 303 Å². The van der Waals surface area contributed by atoms with Crippen LogP contribution in [0.3, 0.4) is 0 Å². The minimum atomic E-state index is -5.76. The monoisotopic (exact) mass is 1320 g/mol. The fourth-order valence-corrected chi connectivity index (χ4v) is 11.7. The number of allylic oxidation sites excluding steroid dienone is 6. The molecule has 1 saturated carbocycles. The Morgan fingerprint density at radius 3 is 1.36 bits per heavy atom. The zero-order chi connectivity index (χ0) is 66.2. The van der Waals surface area contributed by atoms with Gasteiger partial charge in [-0.05, 0) is 64.2 Å². The highest BCUT2D eigenvalue weighted by Gasteiger charge is 2.58. The van der Waals surface area contributed by atoms with Gasteiger partial charge in [0.2, 0.25) is 0 Å². The first-order chi connectivity index (χ1) is 43.1. The van der Waals surface area contributed by atoms with Gasteiger partial charge in [0.1, 0.15) is 116 Å². The van der Waals surface area contributed by atoms with Crippen molar-refractivity contribution < 1.29 is 137 Å². The molecule has 4 fully saturated rings. The Bertz CT molecular complexity index is 2090. The van der Waals surface area contributed by atoms with E-state index in [4.69, 9.17) is 46.9 Å². The molecular weight excluding hydrogens is 1210 g/mol. The number of aliphatic hydroxyl groups excluding tert-OH is 14. The van der Waals surface area contributed by atoms with Crippen molar-refractivity contribution >= 4 is 19.8 Å². The summed E-state index contributed by atoms with van der Waals surface area (Å²) in [6.45, 7) is -0.0518. The van der Waals surface area contributed by atoms with Crippen LogP contribution in [-0.4, -0.2) is 256 Å². The average Bonchev–Trinajstić information content (AvgIpc) is 0.869. The highest BCUT2D eigenvalue weighted by Crippen LogP contribution is 2.49. The highest BCUT2D eigenvalue weighted by molar-refractivity contribution is 7.47. The van der Waals surface area contributed by atoms with Gasteiger partial charge in [-0.15, -0.1) is 0 Å². The van der Waals surface area contributed by atoms with E-state index in [1.807, 2.05) is 0 Å². The Morgan fingerprint density at radius 1 is 0.444 bits per heavy atom. The second-order valence-corrected chi connectivity index (χ2v) is 25.1. The standard InChI is InChI=1S/C61H107O28P/c1-3-5-7-9-11-13-15-17-18-20-21-23-25-27-29-31-42(64)80-35-38(83-43(65)32-30-28-26-24-22-19-16-14-12-10-8-6-4-2)36-82-90(78,79)89-58-56(87-60-54(76)48(70)45(67)40(34-63)85-60)51(73)50(72)52(74)57(58)88-61-55(77)49(71)46(68)41(86-61)37-81-59-53(75)47(69)44(66)39(33-62)84-59/h8,10,14,16-18,38-41,44-63,66-77H,3-7,9,11-13,15,19-37H2,1-2H3,(H,78,79)/b10-8-,16-14-,18-17-/t38-,39?,40?,41?,44+,45-,46+,47?,48?,49?,50+,51?,52?,53+,54-,55+,56-,57?,58+,59-,60-,61+/m1/s1. The van der Waals surface area contributed by atoms with Crippen LogP contribution < -0.4 is 0 Å². The third kappa shape index (κ3) is 26.9. The van der Waals surface area contributed by atoms with Crippen LogP contribution in [0.2, 0.25) is 0 Å². The predicted octanol–water partition coefficient (Wildman–Crippen LogP) is 1.31. The van der Waals surface area contributed by atoms with E-state index < -0.39 is 188 Å². The zero-order valence-electron chi connectivity index (χ0n) is 52.1. The van der Waals surface area contributed by atoms with Gasteiger partial charge in [0.05, 0.1) is 26.4 Å². The van der Waals surface area contributed by atoms with Gasteiger partial charge in [-0.2, -0.15) is 0 Å². The van der Waals surface area contributed by atoms with E-state index in [1.165, 1.54) is 38.5 Å². The molecule has 0 radical (unpaired) electrons. The number of hydrogen-bond acceptors (Lipinski definition) is 27. The molecule has 23 atom stereocenters. The average molecular weight is 1320 g/mol. The summed E-state index contributed by atoms with van der Waals surface area (Å²) in [5.41, 5.74) is 0. The van der Waals surface area contributed by atoms with Gasteiger partial charge in [0.25, 0.3) is 0 Å². The molecule has 1 aliphatic carbocycles. The minimum absolute atomic E-state index is 0.00388. The molecule has 90 heavy (non-hydrogen) atoms. The second-order valence-electron chi connectivity index (χ2n) is 23.7. The third-order valence-corrected chi connectivity index (χ3v) is 17.2. The van der Waals surface area contributed by atoms with E-state index in [2.05, 4.69) is 50.3 Å². The summed E-state index contributed by atoms with van der Waals surface area (Å²) in [6.07, 6.45) is -11.4. The lowest BCUT2D eigenvalue weighted by atomic mass is 9.84. The summed E-state index contributed by atoms with van der Waals surface area (Å²) in [6, 6.07) is 0. The van der Waals surface area contributed by atoms with Crippen LogP contribution >= 0.6 is 7.82 Å². The Morgan fingerprint density at radius 2 is 0.856 bits per heavy atom. The van der Waals surface area contributed by atoms with Crippen molar-refractivity contribution in [3.63, 3.8) is 0 Å². The maximum Gasteiger partial charge on any atom is 0.472 e. The van der Waals surface area contributed by atoms with Gasteiger partial charge in [-0.1, -0.05) is 127 Å². The lowest BCUT2D eigenvalue weighted by Gasteiger charge is -2.49. The first-order valence-corrected chi connectivity index (χ1v) is 33.8. The van der Waals surface area contributed by atoms with Crippen LogP contribution in [0, 0.1) is 0 Å². The van der Waals surface area contributed by atoms with Crippen molar-refractivity contribution in [2.75, 3.05) is 33.0 Å². The molecule has 4 aliphatic rings. The summed E-state index contributed by atoms with van der Waals surface area (Å²) >= 11 is 0. The molecule has 28 nitrogen and oxygen atoms in total. The summed E-state index contributed by atoms with van der Waals surface area (Å²) in [5.74, 6) is -1.43. The number of ether oxygens (including phenoxy) is 8. The fraction of sp³-hybridized carbons (Fsp3) is 0.869. The summed E-state index contributed by atoms with van der Waals surface area (Å²) in [7, 11) is -5.76. The SMILES string of the molecule is CCC/C=C\C/C=C\CCCCCCCC(=O)O[C@H](COC(=O)CCCCCCC/C=C\CCCCCCCC)COP(=O)(O)O[C@@H]1C(O[C@@H]2OC(CO[C@@H]3OC(CO)[C@H](O)C(O)[C@@H]3O)[C@H](O)C(O)[C@@H]2O)C(O)[C@@H](O)C(O)[C@H]1O[C@H]1OC(CO)[C@@H](O)C(O)[C@H]1O. The molecule has 15 N–H and O–H groups in total. The van der Waals surface area contributed by atoms with E-state index in [1.54, 1.807) is 0 Å². The number of carbonyl (C=O) groups excluding carboxylic acids is 2. The molecule has 29 heteroatoms. The first-order valence-electron chi connectivity index (χ1n) is 32.3. The van der Waals surface area contributed by atoms with Crippen molar-refractivity contribution in [3.8, 4) is 0 Å². The van der Waals surface area contributed by atoms with E-state index in [-0.39, 0.29) is 12.8 Å². The molecule has 524 valence electrons. The molecule has 3 aliphatic heterocycles. The number of aliphatic hydroxyl groups is 14. The van der Waals surface area contributed by atoms with Crippen molar-refractivity contribution in [1.29, 1.82) is 0 Å². The van der Waals surface area contributed by atoms with Gasteiger partial charge in [0, 0.05) is 12.8 Å². The maximum atomic E-state index is 14.3. The molecule has 0 aromatic rings. The molecule has 0 aromatic carbocycles. The van der Waals surface area contributed by atoms with Crippen LogP contribution in [0.25, 0.3) is 0 Å². The Kier molecular flexibility index (Phi) is 38.6. The van der Waals surface area contributed by atoms with Gasteiger partial charge in [0.15, 0.2) is 25.0 Å². The molecule has 3 saturated heterocycles. The fourth-order valence-electron chi connectivity index (χ4n) is 10.7. The smallest absolute Gasteiger partial charge is 0.462 e. The van der Waals surface area contributed by atoms with Crippen LogP contribution in [0.5, 0.6) is 0 Å². The zero-order valence-corrected chi connectivity index (χ0v) is 53.0. The summed E-state index contributed by atoms with van der Waals surface area (Å²) in [4.78, 5) is 37.9. The maximum absolute atomic E-state index is 14.3. The van der Waals surface area contributed by atoms with E-state index in [0.717, 1.165) is 83.5 Å². The quantitative estimate of drug-likeness (QED) is 0.0177. The molecule has 0 bridgehead atoms. The number of unbranched alkanes of at least 4 members (excludes halogenated alkanes) is 17. The first kappa shape index (κ1) is 79.9. The molecule has 0 amide bonds. The predicted molar refractivity (Wildman–Crippen MR) is 319 cm³/mol. The summed E-state index contributed by atoms with van der Waals surface area (Å²) < 4.78 is 69.8. The molecular formula is C61H107O28P. The second kappa shape index (κ2) is 43.5. The topological polar surface area (TPSA) is 447 Å². The molecule has 0 aromatic heterocycles. The molecule has 10 unspecified atom stereocenters. The van der Waals surface area contributed by atoms with Crippen molar-refractivity contribution in [3.05, 3.63) is 36.5 Å². The van der Waals surface area contributed by atoms with E-state index in [9.17, 15) is 90.5 Å². The van der Waals surface area contributed by atoms with Gasteiger partial charge in [-0.25, -0.2) is 4.57 Å². The molecule has 0 spiro atoms. The van der Waals surface area contributed by atoms with E-state index >= 15 is 0 Å². The highest BCUT2D eigenvalue weighted by atomic mass is 31.2. The number of rotatable bonds is 44. The lowest BCUT2D eigenvalue weighted by Crippen LogP contribution is -2.69. The number of carbonyl (C=O) groups is 2. The number of hydrogen-bond donors (Lipinski definition) is 15. The number of esters is 2. The van der Waals surface area contributed by atoms with Crippen molar-refractivity contribution in [1.82, 2.24) is 0 Å². The molecule has 4 rings (SSSR count). The van der Waals surface area contributed by atoms with Gasteiger partial charge >= 0.3 is 19.8 Å². The Hall–Kier alpha value is -2.53. The largest absolute Gasteiger partial charge is 0.472 e. The van der Waals surface area contributed by atoms with Crippen LogP contribution in [0.1, 0.15) is 168 Å². The van der Waals surface area contributed by atoms with Gasteiger partial charge < -0.3 is 114 Å². The Balaban J connectivity index is 1.49. The molecule has 3 heterocycles. The van der Waals surface area contributed by atoms with Crippen LogP contribution in [0.4, 0.5) is 0 Å². The number of phosphoric ester groups is 1. The number of phosphoric acid groups is 1. The Labute approximate surface area is 527 Å². The summed E-state index contributed by atoms with van der Waals surface area (Å²) in [5, 5.41) is 150. The van der Waals surface area contributed by atoms with E-state index in [0.29, 0.717) is 19.3 Å². The normalized spacial score (nSPS) is 34.5. The van der Waals surface area contributed by atoms with Crippen molar-refractivity contribution in [2.24, 2.45) is 0 Å². The lowest BCUT2D eigenvalue weighted by molar-refractivity contribution is -0.364. The van der Waals surface area contributed by atoms with Crippen LogP contribution in [0.15, 0.2) is 36.5 Å².